The number of nitrogens with zero attached hydrogens (tertiary/aromatic N) is 4. The summed E-state index contributed by atoms with van der Waals surface area (Å²) in [4.78, 5) is 73.2. The van der Waals surface area contributed by atoms with Crippen molar-refractivity contribution in [2.24, 2.45) is 5.73 Å². The van der Waals surface area contributed by atoms with Crippen LogP contribution >= 0.6 is 0 Å². The van der Waals surface area contributed by atoms with Crippen LogP contribution in [0, 0.1) is 0 Å². The molecule has 1 rings (SSSR count). The maximum absolute atomic E-state index is 11.6. The fourth-order valence-corrected chi connectivity index (χ4v) is 4.40. The second-order valence-corrected chi connectivity index (χ2v) is 10.7. The van der Waals surface area contributed by atoms with Crippen LogP contribution in [0.3, 0.4) is 0 Å². The molecule has 1 saturated heterocycles. The van der Waals surface area contributed by atoms with E-state index in [0.29, 0.717) is 98.4 Å². The van der Waals surface area contributed by atoms with E-state index in [1.165, 1.54) is 0 Å². The zero-order valence-electron chi connectivity index (χ0n) is 28.9. The molecule has 1 aliphatic rings. The maximum Gasteiger partial charge on any atom is 0.317 e. The van der Waals surface area contributed by atoms with Gasteiger partial charge in [0.1, 0.15) is 12.6 Å². The van der Waals surface area contributed by atoms with Crippen LogP contribution in [0.15, 0.2) is 0 Å². The van der Waals surface area contributed by atoms with Crippen LogP contribution in [0.5, 0.6) is 0 Å². The second kappa shape index (κ2) is 33.4. The Morgan fingerprint density at radius 2 is 1.08 bits per heavy atom. The van der Waals surface area contributed by atoms with E-state index in [9.17, 15) is 39.0 Å². The number of nitrogens with one attached hydrogen (secondary N) is 1. The topological polar surface area (TPSA) is 262 Å². The number of primary amides is 1. The molecule has 0 aromatic rings. The molecule has 19 nitrogen and oxygen atoms in total. The monoisotopic (exact) mass is 710 g/mol. The van der Waals surface area contributed by atoms with Gasteiger partial charge >= 0.3 is 17.9 Å². The number of hydrogen-bond acceptors (Lipinski definition) is 15. The van der Waals surface area contributed by atoms with E-state index in [1.807, 2.05) is 11.9 Å². The summed E-state index contributed by atoms with van der Waals surface area (Å²) in [6.07, 6.45) is 2.29. The van der Waals surface area contributed by atoms with Crippen molar-refractivity contribution in [2.45, 2.75) is 25.3 Å². The average molecular weight is 711 g/mol. The highest BCUT2D eigenvalue weighted by molar-refractivity contribution is 5.73. The maximum atomic E-state index is 11.6. The predicted molar refractivity (Wildman–Crippen MR) is 177 cm³/mol. The summed E-state index contributed by atoms with van der Waals surface area (Å²) in [5.41, 5.74) is 4.94. The zero-order valence-corrected chi connectivity index (χ0v) is 28.9. The van der Waals surface area contributed by atoms with Gasteiger partial charge in [-0.1, -0.05) is 0 Å². The summed E-state index contributed by atoms with van der Waals surface area (Å²) in [7, 11) is 2.88. The standard InChI is InChI=1S/C19H32N4O8.C10H22N2O4.CH4O/c24-11-1-2-16(15-25)23-9-7-21(13-18(28)29)5-3-20(12-17(26)27)4-6-22(8-10-23)14-19(30)31;1-12-3-5-15-7-9-16-8-6-14-4-2-10(11)13;1-2/h11,15-16H,1-10,12-14H2,(H,26,27)(H,28,29)(H,30,31);12H,2-9H2,1H3,(H2,11,13);2H,1H3. The largest absolute Gasteiger partial charge is 0.480 e. The van der Waals surface area contributed by atoms with Gasteiger partial charge in [-0.25, -0.2) is 0 Å². The number of ether oxygens (including phenoxy) is 3. The number of aliphatic hydroxyl groups excluding tert-OH is 1. The van der Waals surface area contributed by atoms with Crippen molar-refractivity contribution in [1.29, 1.82) is 0 Å². The van der Waals surface area contributed by atoms with E-state index in [2.05, 4.69) is 5.32 Å². The Labute approximate surface area is 288 Å². The Bertz CT molecular complexity index is 870. The lowest BCUT2D eigenvalue weighted by Crippen LogP contribution is -2.50. The van der Waals surface area contributed by atoms with Gasteiger partial charge in [-0.2, -0.15) is 0 Å². The number of likely N-dealkylation sites (N-methyl/N-ethyl adjacent to an activating group) is 1. The van der Waals surface area contributed by atoms with E-state index in [4.69, 9.17) is 30.2 Å². The van der Waals surface area contributed by atoms with Gasteiger partial charge in [0.15, 0.2) is 0 Å². The first kappa shape index (κ1) is 48.0. The van der Waals surface area contributed by atoms with E-state index >= 15 is 0 Å². The molecular formula is C30H58N6O13. The number of aliphatic hydroxyl groups is 1. The smallest absolute Gasteiger partial charge is 0.317 e. The lowest BCUT2D eigenvalue weighted by atomic mass is 10.1. The molecular weight excluding hydrogens is 652 g/mol. The van der Waals surface area contributed by atoms with Crippen LogP contribution in [0.4, 0.5) is 0 Å². The average Bonchev–Trinajstić information content (AvgIpc) is 3.05. The number of hydrogen-bond donors (Lipinski definition) is 6. The number of rotatable bonds is 23. The van der Waals surface area contributed by atoms with Gasteiger partial charge in [0.05, 0.1) is 65.3 Å². The Morgan fingerprint density at radius 1 is 0.694 bits per heavy atom. The van der Waals surface area contributed by atoms with Crippen LogP contribution in [0.2, 0.25) is 0 Å². The highest BCUT2D eigenvalue weighted by atomic mass is 16.5. The number of carboxylic acid groups (broad SMARTS) is 3. The first-order chi connectivity index (χ1) is 23.5. The lowest BCUT2D eigenvalue weighted by molar-refractivity contribution is -0.140. The van der Waals surface area contributed by atoms with Gasteiger partial charge in [0.2, 0.25) is 5.91 Å². The van der Waals surface area contributed by atoms with Crippen LogP contribution in [-0.2, 0) is 43.0 Å². The van der Waals surface area contributed by atoms with Crippen LogP contribution in [0.25, 0.3) is 0 Å². The number of carbonyl (C=O) groups excluding carboxylic acids is 3. The molecule has 0 bridgehead atoms. The number of amides is 1. The van der Waals surface area contributed by atoms with Crippen molar-refractivity contribution in [3.8, 4) is 0 Å². The van der Waals surface area contributed by atoms with Gasteiger partial charge in [-0.15, -0.1) is 0 Å². The van der Waals surface area contributed by atoms with Gasteiger partial charge in [0, 0.05) is 78.9 Å². The molecule has 1 fully saturated rings. The molecule has 19 heteroatoms. The summed E-state index contributed by atoms with van der Waals surface area (Å²) in [6, 6.07) is -0.532. The zero-order chi connectivity index (χ0) is 37.3. The molecule has 0 saturated carbocycles. The first-order valence-corrected chi connectivity index (χ1v) is 16.1. The molecule has 49 heavy (non-hydrogen) atoms. The summed E-state index contributed by atoms with van der Waals surface area (Å²) in [6.45, 7) is 5.96. The highest BCUT2D eigenvalue weighted by Gasteiger charge is 2.23. The normalized spacial score (nSPS) is 16.0. The van der Waals surface area contributed by atoms with E-state index in [-0.39, 0.29) is 38.4 Å². The molecule has 1 heterocycles. The minimum absolute atomic E-state index is 0.210. The molecule has 0 aromatic carbocycles. The minimum atomic E-state index is -1.02. The number of carbonyl (C=O) groups is 6. The van der Waals surface area contributed by atoms with Gasteiger partial charge in [-0.05, 0) is 13.5 Å². The summed E-state index contributed by atoms with van der Waals surface area (Å²) < 4.78 is 15.6. The summed E-state index contributed by atoms with van der Waals surface area (Å²) in [5, 5.41) is 37.5. The first-order valence-electron chi connectivity index (χ1n) is 16.1. The van der Waals surface area contributed by atoms with E-state index < -0.39 is 23.9 Å². The third kappa shape index (κ3) is 30.6. The molecule has 1 unspecified atom stereocenters. The molecule has 286 valence electrons. The van der Waals surface area contributed by atoms with Crippen molar-refractivity contribution < 1.29 is 63.4 Å². The second-order valence-electron chi connectivity index (χ2n) is 10.7. The summed E-state index contributed by atoms with van der Waals surface area (Å²) in [5.74, 6) is -3.39. The number of aldehydes is 2. The van der Waals surface area contributed by atoms with Crippen molar-refractivity contribution >= 4 is 36.4 Å². The number of nitrogens with two attached hydrogens (primary N) is 1. The third-order valence-corrected chi connectivity index (χ3v) is 6.89. The Hall–Kier alpha value is -3.14. The third-order valence-electron chi connectivity index (χ3n) is 6.89. The van der Waals surface area contributed by atoms with Crippen molar-refractivity contribution in [3.05, 3.63) is 0 Å². The molecule has 0 radical (unpaired) electrons. The summed E-state index contributed by atoms with van der Waals surface area (Å²) >= 11 is 0. The minimum Gasteiger partial charge on any atom is -0.480 e. The van der Waals surface area contributed by atoms with Crippen LogP contribution in [-0.4, -0.2) is 215 Å². The van der Waals surface area contributed by atoms with Crippen molar-refractivity contribution in [2.75, 3.05) is 132 Å². The van der Waals surface area contributed by atoms with E-state index in [0.717, 1.165) is 26.2 Å². The Morgan fingerprint density at radius 3 is 1.43 bits per heavy atom. The lowest BCUT2D eigenvalue weighted by Gasteiger charge is -2.35. The van der Waals surface area contributed by atoms with Crippen LogP contribution < -0.4 is 11.1 Å². The predicted octanol–water partition coefficient (Wildman–Crippen LogP) is -3.25. The Balaban J connectivity index is 0. The quantitative estimate of drug-likeness (QED) is 0.0449. The molecule has 1 amide bonds. The molecule has 0 aromatic heterocycles. The highest BCUT2D eigenvalue weighted by Crippen LogP contribution is 2.07. The van der Waals surface area contributed by atoms with Crippen molar-refractivity contribution in [3.63, 3.8) is 0 Å². The van der Waals surface area contributed by atoms with E-state index in [1.54, 1.807) is 14.7 Å². The number of aliphatic carboxylic acids is 3. The molecule has 1 aliphatic heterocycles. The van der Waals surface area contributed by atoms with Crippen molar-refractivity contribution in [1.82, 2.24) is 24.9 Å². The molecule has 1 atom stereocenters. The van der Waals surface area contributed by atoms with Gasteiger partial charge in [0.25, 0.3) is 0 Å². The van der Waals surface area contributed by atoms with Crippen LogP contribution in [0.1, 0.15) is 19.3 Å². The van der Waals surface area contributed by atoms with Gasteiger partial charge in [-0.3, -0.25) is 38.8 Å². The molecule has 0 spiro atoms. The Kier molecular flexibility index (Phi) is 32.7. The fraction of sp³-hybridized carbons (Fsp3) is 0.800. The van der Waals surface area contributed by atoms with Gasteiger partial charge < -0.3 is 55.3 Å². The fourth-order valence-electron chi connectivity index (χ4n) is 4.40. The SMILES string of the molecule is CNCCOCCOCCOCCC(N)=O.CO.O=CCCC(C=O)N1CCN(CC(=O)O)CCN(CC(=O)O)CCN(CC(=O)O)CC1. The molecule has 7 N–H and O–H groups in total. The molecule has 0 aliphatic carbocycles. The number of carboxylic acids is 3.